The molecule has 1 amide bonds. The Morgan fingerprint density at radius 1 is 1.09 bits per heavy atom. The molecule has 0 atom stereocenters. The van der Waals surface area contributed by atoms with Crippen LogP contribution in [-0.2, 0) is 14.8 Å². The lowest BCUT2D eigenvalue weighted by Gasteiger charge is -2.09. The third-order valence-corrected chi connectivity index (χ3v) is 5.39. The molecule has 0 spiro atoms. The number of hydrogen-bond acceptors (Lipinski definition) is 8. The number of benzene rings is 2. The zero-order valence-corrected chi connectivity index (χ0v) is 17.4. The quantitative estimate of drug-likeness (QED) is 0.299. The summed E-state index contributed by atoms with van der Waals surface area (Å²) in [5.41, 5.74) is 0.945. The van der Waals surface area contributed by atoms with Crippen molar-refractivity contribution in [1.29, 1.82) is 0 Å². The predicted molar refractivity (Wildman–Crippen MR) is 117 cm³/mol. The predicted octanol–water partition coefficient (Wildman–Crippen LogP) is 2.85. The summed E-state index contributed by atoms with van der Waals surface area (Å²) in [6, 6.07) is 12.6. The van der Waals surface area contributed by atoms with E-state index in [1.807, 2.05) is 0 Å². The van der Waals surface area contributed by atoms with Crippen LogP contribution in [0.25, 0.3) is 6.08 Å². The molecule has 164 valence electrons. The number of carbonyl (C=O) groups excluding carboxylic acids is 1. The number of non-ortho nitro benzene ring substituents is 1. The number of aromatic nitrogens is 2. The van der Waals surface area contributed by atoms with Crippen LogP contribution in [0.4, 0.5) is 17.2 Å². The second kappa shape index (κ2) is 9.66. The molecule has 1 aromatic heterocycles. The van der Waals surface area contributed by atoms with Gasteiger partial charge in [-0.05, 0) is 48.0 Å². The number of nitrogens with zero attached hydrogens (tertiary/aromatic N) is 3. The molecule has 1 heterocycles. The van der Waals surface area contributed by atoms with E-state index in [1.165, 1.54) is 80.1 Å². The van der Waals surface area contributed by atoms with Gasteiger partial charge in [0.15, 0.2) is 0 Å². The van der Waals surface area contributed by atoms with Gasteiger partial charge in [-0.15, -0.1) is 0 Å². The van der Waals surface area contributed by atoms with Gasteiger partial charge in [-0.3, -0.25) is 19.6 Å². The van der Waals surface area contributed by atoms with Gasteiger partial charge in [-0.25, -0.2) is 13.4 Å². The van der Waals surface area contributed by atoms with Crippen LogP contribution in [0.2, 0.25) is 0 Å². The number of hydrogen-bond donors (Lipinski definition) is 2. The number of anilines is 2. The van der Waals surface area contributed by atoms with Crippen molar-refractivity contribution in [2.75, 3.05) is 17.1 Å². The number of sulfonamides is 1. The average molecular weight is 455 g/mol. The summed E-state index contributed by atoms with van der Waals surface area (Å²) in [7, 11) is -2.55. The zero-order chi connectivity index (χ0) is 23.1. The summed E-state index contributed by atoms with van der Waals surface area (Å²) in [6.07, 6.45) is 4.11. The lowest BCUT2D eigenvalue weighted by atomic mass is 10.2. The first-order chi connectivity index (χ1) is 15.3. The lowest BCUT2D eigenvalue weighted by Crippen LogP contribution is -2.14. The molecule has 0 bridgehead atoms. The Balaban J connectivity index is 1.63. The maximum atomic E-state index is 12.5. The zero-order valence-electron chi connectivity index (χ0n) is 16.6. The van der Waals surface area contributed by atoms with Crippen LogP contribution in [0.5, 0.6) is 6.01 Å². The molecule has 0 aliphatic carbocycles. The molecule has 2 aromatic carbocycles. The highest BCUT2D eigenvalue weighted by atomic mass is 32.2. The number of ether oxygens (including phenoxy) is 1. The van der Waals surface area contributed by atoms with E-state index in [9.17, 15) is 23.3 Å². The molecule has 11 nitrogen and oxygen atoms in total. The fourth-order valence-electron chi connectivity index (χ4n) is 2.47. The van der Waals surface area contributed by atoms with Crippen LogP contribution < -0.4 is 14.8 Å². The third-order valence-electron chi connectivity index (χ3n) is 4.02. The molecule has 12 heteroatoms. The molecule has 0 aliphatic rings. The van der Waals surface area contributed by atoms with E-state index < -0.39 is 20.9 Å². The van der Waals surface area contributed by atoms with E-state index in [0.29, 0.717) is 11.3 Å². The minimum absolute atomic E-state index is 0.0186. The number of methoxy groups -OCH3 is 1. The van der Waals surface area contributed by atoms with Gasteiger partial charge in [0.05, 0.1) is 16.9 Å². The normalized spacial score (nSPS) is 11.2. The van der Waals surface area contributed by atoms with Crippen LogP contribution in [0.1, 0.15) is 5.56 Å². The molecule has 0 saturated carbocycles. The van der Waals surface area contributed by atoms with E-state index in [4.69, 9.17) is 4.74 Å². The molecule has 3 rings (SSSR count). The average Bonchev–Trinajstić information content (AvgIpc) is 2.78. The molecule has 0 unspecified atom stereocenters. The highest BCUT2D eigenvalue weighted by Gasteiger charge is 2.15. The summed E-state index contributed by atoms with van der Waals surface area (Å²) in [6.45, 7) is 0. The van der Waals surface area contributed by atoms with Crippen molar-refractivity contribution in [3.8, 4) is 6.01 Å². The summed E-state index contributed by atoms with van der Waals surface area (Å²) < 4.78 is 32.2. The smallest absolute Gasteiger partial charge is 0.318 e. The van der Waals surface area contributed by atoms with Crippen LogP contribution in [0.15, 0.2) is 71.8 Å². The number of nitro groups is 1. The fourth-order valence-corrected chi connectivity index (χ4v) is 3.47. The van der Waals surface area contributed by atoms with Gasteiger partial charge in [-0.2, -0.15) is 4.98 Å². The second-order valence-corrected chi connectivity index (χ2v) is 7.91. The van der Waals surface area contributed by atoms with Gasteiger partial charge in [-0.1, -0.05) is 0 Å². The SMILES string of the molecule is COc1nccc(NS(=O)(=O)c2ccc(NC(=O)/C=C/c3ccc([N+](=O)[O-])cc3)cc2)n1. The molecule has 2 N–H and O–H groups in total. The molecule has 0 radical (unpaired) electrons. The monoisotopic (exact) mass is 455 g/mol. The Morgan fingerprint density at radius 3 is 2.41 bits per heavy atom. The van der Waals surface area contributed by atoms with E-state index in [-0.39, 0.29) is 22.4 Å². The van der Waals surface area contributed by atoms with E-state index in [2.05, 4.69) is 20.0 Å². The van der Waals surface area contributed by atoms with Crippen molar-refractivity contribution in [2.24, 2.45) is 0 Å². The molecule has 0 aliphatic heterocycles. The van der Waals surface area contributed by atoms with Crippen molar-refractivity contribution in [2.45, 2.75) is 4.90 Å². The van der Waals surface area contributed by atoms with Crippen LogP contribution >= 0.6 is 0 Å². The van der Waals surface area contributed by atoms with E-state index >= 15 is 0 Å². The van der Waals surface area contributed by atoms with Crippen molar-refractivity contribution >= 4 is 39.2 Å². The molecule has 0 saturated heterocycles. The highest BCUT2D eigenvalue weighted by Crippen LogP contribution is 2.18. The maximum absolute atomic E-state index is 12.5. The molecule has 0 fully saturated rings. The van der Waals surface area contributed by atoms with Crippen LogP contribution in [0.3, 0.4) is 0 Å². The van der Waals surface area contributed by atoms with Gasteiger partial charge in [0.2, 0.25) is 5.91 Å². The van der Waals surface area contributed by atoms with Crippen molar-refractivity contribution in [1.82, 2.24) is 9.97 Å². The first-order valence-electron chi connectivity index (χ1n) is 9.00. The standard InChI is InChI=1S/C20H17N5O6S/c1-31-20-21-13-12-18(23-20)24-32(29,30)17-9-5-15(6-10-17)22-19(26)11-4-14-2-7-16(8-3-14)25(27)28/h2-13H,1H3,(H,22,26)(H,21,23,24)/b11-4+. The number of amides is 1. The van der Waals surface area contributed by atoms with Crippen molar-refractivity contribution in [3.63, 3.8) is 0 Å². The highest BCUT2D eigenvalue weighted by molar-refractivity contribution is 7.92. The maximum Gasteiger partial charge on any atom is 0.318 e. The number of carbonyl (C=O) groups is 1. The van der Waals surface area contributed by atoms with Gasteiger partial charge in [0, 0.05) is 36.2 Å². The second-order valence-electron chi connectivity index (χ2n) is 6.23. The number of nitrogens with one attached hydrogen (secondary N) is 2. The molecule has 32 heavy (non-hydrogen) atoms. The Bertz CT molecular complexity index is 1260. The minimum atomic E-state index is -3.91. The number of nitro benzene ring substituents is 1. The van der Waals surface area contributed by atoms with Gasteiger partial charge >= 0.3 is 6.01 Å². The topological polar surface area (TPSA) is 153 Å². The van der Waals surface area contributed by atoms with Gasteiger partial charge in [0.25, 0.3) is 15.7 Å². The summed E-state index contributed by atoms with van der Waals surface area (Å²) in [5, 5.41) is 13.3. The van der Waals surface area contributed by atoms with Gasteiger partial charge < -0.3 is 10.1 Å². The molecular weight excluding hydrogens is 438 g/mol. The summed E-state index contributed by atoms with van der Waals surface area (Å²) in [4.78, 5) is 29.9. The minimum Gasteiger partial charge on any atom is -0.467 e. The number of rotatable bonds is 8. The summed E-state index contributed by atoms with van der Waals surface area (Å²) in [5.74, 6) is -0.407. The van der Waals surface area contributed by atoms with E-state index in [0.717, 1.165) is 0 Å². The Hall–Kier alpha value is -4.32. The first-order valence-corrected chi connectivity index (χ1v) is 10.5. The van der Waals surface area contributed by atoms with Crippen LogP contribution in [0, 0.1) is 10.1 Å². The first kappa shape index (κ1) is 22.4. The largest absolute Gasteiger partial charge is 0.467 e. The Morgan fingerprint density at radius 2 is 1.78 bits per heavy atom. The van der Waals surface area contributed by atoms with Gasteiger partial charge in [0.1, 0.15) is 5.82 Å². The Kier molecular flexibility index (Phi) is 6.75. The lowest BCUT2D eigenvalue weighted by molar-refractivity contribution is -0.384. The van der Waals surface area contributed by atoms with Crippen molar-refractivity contribution in [3.05, 3.63) is 82.5 Å². The Labute approximate surface area is 183 Å². The van der Waals surface area contributed by atoms with Crippen molar-refractivity contribution < 1.29 is 22.9 Å². The van der Waals surface area contributed by atoms with E-state index in [1.54, 1.807) is 0 Å². The summed E-state index contributed by atoms with van der Waals surface area (Å²) >= 11 is 0. The molecule has 3 aromatic rings. The molecular formula is C20H17N5O6S. The van der Waals surface area contributed by atoms with Crippen LogP contribution in [-0.4, -0.2) is 36.3 Å². The third kappa shape index (κ3) is 5.86. The fraction of sp³-hybridized carbons (Fsp3) is 0.0500.